The van der Waals surface area contributed by atoms with Crippen LogP contribution < -0.4 is 10.1 Å². The standard InChI is InChI=1S/C34H39ClN4O3/c1-34(2,3)19-39-18-28-24(14-29(35)32-27(28)17-37-38-32)12-25(33(39)41)15-30(40)22-6-5-21-16-31(42-4)26(13-23(21)11-22)20-7-9-36-10-8-20/h5-6,11,13-14,16-17,20,25,36H,7-10,12,15,18-19H2,1-4H3,(H,37,38)/t25-/m0/s1. The lowest BCUT2D eigenvalue weighted by Gasteiger charge is -2.31. The number of nitrogens with one attached hydrogen (secondary N) is 2. The Balaban J connectivity index is 1.32. The maximum atomic E-state index is 14.0. The Hall–Kier alpha value is -3.42. The van der Waals surface area contributed by atoms with Gasteiger partial charge in [0, 0.05) is 36.4 Å². The monoisotopic (exact) mass is 586 g/mol. The third kappa shape index (κ3) is 5.64. The van der Waals surface area contributed by atoms with E-state index in [1.165, 1.54) is 5.56 Å². The van der Waals surface area contributed by atoms with Crippen LogP contribution in [0.4, 0.5) is 0 Å². The van der Waals surface area contributed by atoms with E-state index in [0.29, 0.717) is 36.0 Å². The highest BCUT2D eigenvalue weighted by Gasteiger charge is 2.34. The molecule has 6 rings (SSSR count). The third-order valence-corrected chi connectivity index (χ3v) is 9.05. The number of benzene rings is 3. The topological polar surface area (TPSA) is 87.3 Å². The number of aromatic amines is 1. The smallest absolute Gasteiger partial charge is 0.226 e. The number of methoxy groups -OCH3 is 1. The molecular formula is C34H39ClN4O3. The lowest BCUT2D eigenvalue weighted by atomic mass is 9.87. The molecule has 2 aliphatic heterocycles. The van der Waals surface area contributed by atoms with Crippen molar-refractivity contribution < 1.29 is 14.3 Å². The molecule has 3 heterocycles. The first-order valence-electron chi connectivity index (χ1n) is 14.9. The number of aromatic nitrogens is 2. The number of amides is 1. The molecule has 7 nitrogen and oxygen atoms in total. The van der Waals surface area contributed by atoms with Crippen molar-refractivity contribution in [2.75, 3.05) is 26.7 Å². The number of rotatable bonds is 6. The number of fused-ring (bicyclic) bond motifs is 4. The lowest BCUT2D eigenvalue weighted by Crippen LogP contribution is -2.40. The quantitative estimate of drug-likeness (QED) is 0.247. The number of halogens is 1. The first-order valence-corrected chi connectivity index (χ1v) is 15.3. The maximum absolute atomic E-state index is 14.0. The van der Waals surface area contributed by atoms with Gasteiger partial charge in [0.25, 0.3) is 0 Å². The van der Waals surface area contributed by atoms with Crippen molar-refractivity contribution in [1.29, 1.82) is 0 Å². The molecule has 0 radical (unpaired) electrons. The molecule has 0 unspecified atom stereocenters. The Kier molecular flexibility index (Phi) is 7.75. The minimum atomic E-state index is -0.474. The van der Waals surface area contributed by atoms with Crippen molar-refractivity contribution in [3.8, 4) is 5.75 Å². The molecule has 1 amide bonds. The van der Waals surface area contributed by atoms with Crippen molar-refractivity contribution in [3.05, 3.63) is 69.9 Å². The minimum Gasteiger partial charge on any atom is -0.496 e. The molecular weight excluding hydrogens is 548 g/mol. The molecule has 0 saturated carbocycles. The number of nitrogens with zero attached hydrogens (tertiary/aromatic N) is 2. The number of ether oxygens (including phenoxy) is 1. The van der Waals surface area contributed by atoms with Crippen LogP contribution in [0.25, 0.3) is 21.7 Å². The summed E-state index contributed by atoms with van der Waals surface area (Å²) in [5.74, 6) is 0.847. The Morgan fingerprint density at radius 3 is 2.64 bits per heavy atom. The number of hydrogen-bond acceptors (Lipinski definition) is 5. The second-order valence-corrected chi connectivity index (χ2v) is 13.5. The van der Waals surface area contributed by atoms with Crippen LogP contribution in [0.5, 0.6) is 5.75 Å². The second kappa shape index (κ2) is 11.3. The molecule has 4 aromatic rings. The molecule has 1 saturated heterocycles. The summed E-state index contributed by atoms with van der Waals surface area (Å²) in [4.78, 5) is 29.8. The van der Waals surface area contributed by atoms with Crippen LogP contribution in [0.1, 0.15) is 73.0 Å². The first kappa shape index (κ1) is 28.7. The van der Waals surface area contributed by atoms with Crippen molar-refractivity contribution >= 4 is 45.0 Å². The van der Waals surface area contributed by atoms with E-state index in [1.54, 1.807) is 13.3 Å². The van der Waals surface area contributed by atoms with Crippen LogP contribution >= 0.6 is 11.6 Å². The number of piperidine rings is 1. The van der Waals surface area contributed by atoms with Crippen molar-refractivity contribution in [2.24, 2.45) is 11.3 Å². The van der Waals surface area contributed by atoms with E-state index in [9.17, 15) is 9.59 Å². The SMILES string of the molecule is COc1cc2ccc(C(=O)C[C@@H]3Cc4cc(Cl)c5[nH]ncc5c4CN(CC(C)(C)C)C3=O)cc2cc1C1CCNCC1. The van der Waals surface area contributed by atoms with Crippen LogP contribution in [0.2, 0.25) is 5.02 Å². The van der Waals surface area contributed by atoms with Crippen molar-refractivity contribution in [2.45, 2.75) is 58.9 Å². The van der Waals surface area contributed by atoms with Gasteiger partial charge < -0.3 is 15.0 Å². The number of hydrogen-bond donors (Lipinski definition) is 2. The van der Waals surface area contributed by atoms with Gasteiger partial charge in [-0.2, -0.15) is 5.10 Å². The number of carbonyl (C=O) groups is 2. The summed E-state index contributed by atoms with van der Waals surface area (Å²) in [7, 11) is 1.72. The van der Waals surface area contributed by atoms with Crippen molar-refractivity contribution in [3.63, 3.8) is 0 Å². The van der Waals surface area contributed by atoms with E-state index in [2.05, 4.69) is 48.4 Å². The molecule has 2 aliphatic rings. The maximum Gasteiger partial charge on any atom is 0.226 e. The zero-order valence-corrected chi connectivity index (χ0v) is 25.6. The summed E-state index contributed by atoms with van der Waals surface area (Å²) >= 11 is 6.61. The predicted molar refractivity (Wildman–Crippen MR) is 167 cm³/mol. The summed E-state index contributed by atoms with van der Waals surface area (Å²) in [6.45, 7) is 9.44. The predicted octanol–water partition coefficient (Wildman–Crippen LogP) is 6.67. The van der Waals surface area contributed by atoms with Gasteiger partial charge in [-0.05, 0) is 95.4 Å². The molecule has 1 aromatic heterocycles. The summed E-state index contributed by atoms with van der Waals surface area (Å²) in [5.41, 5.74) is 4.58. The number of carbonyl (C=O) groups excluding carboxylic acids is 2. The van der Waals surface area contributed by atoms with E-state index in [-0.39, 0.29) is 23.5 Å². The fraction of sp³-hybridized carbons (Fsp3) is 0.441. The summed E-state index contributed by atoms with van der Waals surface area (Å²) in [6, 6.07) is 12.1. The highest BCUT2D eigenvalue weighted by molar-refractivity contribution is 6.35. The van der Waals surface area contributed by atoms with Gasteiger partial charge in [0.05, 0.1) is 23.8 Å². The van der Waals surface area contributed by atoms with Crippen LogP contribution in [0, 0.1) is 11.3 Å². The summed E-state index contributed by atoms with van der Waals surface area (Å²) < 4.78 is 5.77. The van der Waals surface area contributed by atoms with E-state index in [0.717, 1.165) is 64.5 Å². The molecule has 3 aromatic carbocycles. The highest BCUT2D eigenvalue weighted by atomic mass is 35.5. The molecule has 0 bridgehead atoms. The van der Waals surface area contributed by atoms with Crippen molar-refractivity contribution in [1.82, 2.24) is 20.4 Å². The Labute approximate surface area is 251 Å². The fourth-order valence-corrected chi connectivity index (χ4v) is 7.01. The van der Waals surface area contributed by atoms with E-state index in [4.69, 9.17) is 16.3 Å². The van der Waals surface area contributed by atoms with E-state index >= 15 is 0 Å². The van der Waals surface area contributed by atoms with Crippen LogP contribution in [0.15, 0.2) is 42.6 Å². The molecule has 220 valence electrons. The average molecular weight is 587 g/mol. The largest absolute Gasteiger partial charge is 0.496 e. The molecule has 0 aliphatic carbocycles. The average Bonchev–Trinajstić information content (AvgIpc) is 3.43. The first-order chi connectivity index (χ1) is 20.1. The summed E-state index contributed by atoms with van der Waals surface area (Å²) in [5, 5.41) is 14.2. The van der Waals surface area contributed by atoms with Gasteiger partial charge in [-0.15, -0.1) is 0 Å². The minimum absolute atomic E-state index is 0.0148. The van der Waals surface area contributed by atoms with Gasteiger partial charge in [-0.1, -0.05) is 44.5 Å². The van der Waals surface area contributed by atoms with E-state index < -0.39 is 5.92 Å². The molecule has 0 spiro atoms. The molecule has 1 fully saturated rings. The normalized spacial score (nSPS) is 18.4. The van der Waals surface area contributed by atoms with E-state index in [1.807, 2.05) is 29.2 Å². The van der Waals surface area contributed by atoms with Crippen LogP contribution in [0.3, 0.4) is 0 Å². The lowest BCUT2D eigenvalue weighted by molar-refractivity contribution is -0.137. The Morgan fingerprint density at radius 1 is 1.12 bits per heavy atom. The second-order valence-electron chi connectivity index (χ2n) is 13.1. The van der Waals surface area contributed by atoms with Gasteiger partial charge in [-0.3, -0.25) is 14.7 Å². The zero-order chi connectivity index (χ0) is 29.6. The molecule has 2 N–H and O–H groups in total. The van der Waals surface area contributed by atoms with Crippen LogP contribution in [-0.4, -0.2) is 53.5 Å². The van der Waals surface area contributed by atoms with Gasteiger partial charge in [0.15, 0.2) is 5.78 Å². The van der Waals surface area contributed by atoms with Gasteiger partial charge >= 0.3 is 0 Å². The zero-order valence-electron chi connectivity index (χ0n) is 24.9. The molecule has 8 heteroatoms. The Bertz CT molecular complexity index is 1670. The molecule has 1 atom stereocenters. The number of ketones is 1. The highest BCUT2D eigenvalue weighted by Crippen LogP contribution is 2.38. The fourth-order valence-electron chi connectivity index (χ4n) is 6.73. The number of H-pyrrole nitrogens is 1. The van der Waals surface area contributed by atoms with Gasteiger partial charge in [0.2, 0.25) is 5.91 Å². The van der Waals surface area contributed by atoms with Crippen LogP contribution in [-0.2, 0) is 17.8 Å². The van der Waals surface area contributed by atoms with Gasteiger partial charge in [0.1, 0.15) is 5.75 Å². The third-order valence-electron chi connectivity index (χ3n) is 8.75. The number of Topliss-reactive ketones (excluding diaryl/α,β-unsaturated/α-hetero) is 1. The summed E-state index contributed by atoms with van der Waals surface area (Å²) in [6.07, 6.45) is 4.51. The molecule has 42 heavy (non-hydrogen) atoms. The Morgan fingerprint density at radius 2 is 1.90 bits per heavy atom. The van der Waals surface area contributed by atoms with Gasteiger partial charge in [-0.25, -0.2) is 0 Å².